The van der Waals surface area contributed by atoms with Crippen molar-refractivity contribution in [1.29, 1.82) is 0 Å². The first-order valence-electron chi connectivity index (χ1n) is 9.12. The summed E-state index contributed by atoms with van der Waals surface area (Å²) in [6.45, 7) is 3.40. The van der Waals surface area contributed by atoms with Crippen LogP contribution in [0.2, 0.25) is 0 Å². The number of carbonyl (C=O) groups is 1. The van der Waals surface area contributed by atoms with Gasteiger partial charge in [-0.15, -0.1) is 0 Å². The molecule has 124 valence electrons. The van der Waals surface area contributed by atoms with E-state index < -0.39 is 0 Å². The smallest absolute Gasteiger partial charge is 0.293 e. The summed E-state index contributed by atoms with van der Waals surface area (Å²) in [5.41, 5.74) is 0. The van der Waals surface area contributed by atoms with Crippen molar-refractivity contribution in [2.45, 2.75) is 96.8 Å². The highest BCUT2D eigenvalue weighted by atomic mass is 16.5. The van der Waals surface area contributed by atoms with Crippen molar-refractivity contribution in [2.75, 3.05) is 6.61 Å². The summed E-state index contributed by atoms with van der Waals surface area (Å²) in [6.07, 6.45) is 23.0. The molecule has 0 atom stereocenters. The predicted octanol–water partition coefficient (Wildman–Crippen LogP) is 6.20. The summed E-state index contributed by atoms with van der Waals surface area (Å²) >= 11 is 0. The maximum atomic E-state index is 9.94. The Balaban J connectivity index is 3.03. The summed E-state index contributed by atoms with van der Waals surface area (Å²) in [4.78, 5) is 9.94. The fraction of sp³-hybridized carbons (Fsp3) is 0.842. The molecule has 0 aliphatic carbocycles. The van der Waals surface area contributed by atoms with E-state index in [-0.39, 0.29) is 0 Å². The van der Waals surface area contributed by atoms with Crippen LogP contribution in [0, 0.1) is 0 Å². The first-order chi connectivity index (χ1) is 10.4. The van der Waals surface area contributed by atoms with E-state index in [1.165, 1.54) is 83.5 Å². The van der Waals surface area contributed by atoms with Gasteiger partial charge in [0.05, 0.1) is 6.61 Å². The van der Waals surface area contributed by atoms with Gasteiger partial charge in [-0.25, -0.2) is 0 Å². The monoisotopic (exact) mass is 296 g/mol. The first-order valence-corrected chi connectivity index (χ1v) is 9.12. The Bertz CT molecular complexity index is 224. The van der Waals surface area contributed by atoms with E-state index in [9.17, 15) is 4.79 Å². The van der Waals surface area contributed by atoms with Gasteiger partial charge in [-0.2, -0.15) is 0 Å². The minimum Gasteiger partial charge on any atom is -0.468 e. The molecule has 0 saturated carbocycles. The lowest BCUT2D eigenvalue weighted by molar-refractivity contribution is -0.128. The Labute approximate surface area is 132 Å². The van der Waals surface area contributed by atoms with Crippen molar-refractivity contribution in [1.82, 2.24) is 0 Å². The fourth-order valence-corrected chi connectivity index (χ4v) is 2.48. The average molecular weight is 296 g/mol. The quantitative estimate of drug-likeness (QED) is 0.181. The van der Waals surface area contributed by atoms with Crippen LogP contribution in [0.3, 0.4) is 0 Å². The van der Waals surface area contributed by atoms with Gasteiger partial charge >= 0.3 is 0 Å². The molecule has 2 nitrogen and oxygen atoms in total. The zero-order valence-electron chi connectivity index (χ0n) is 14.2. The molecule has 0 heterocycles. The number of hydrogen-bond donors (Lipinski definition) is 0. The van der Waals surface area contributed by atoms with Crippen molar-refractivity contribution in [3.63, 3.8) is 0 Å². The summed E-state index contributed by atoms with van der Waals surface area (Å²) in [6, 6.07) is 0. The van der Waals surface area contributed by atoms with Crippen molar-refractivity contribution in [3.05, 3.63) is 12.2 Å². The maximum absolute atomic E-state index is 9.94. The highest BCUT2D eigenvalue weighted by Crippen LogP contribution is 2.09. The van der Waals surface area contributed by atoms with Gasteiger partial charge in [0.1, 0.15) is 0 Å². The minimum absolute atomic E-state index is 0.539. The number of allylic oxidation sites excluding steroid dienone is 2. The topological polar surface area (TPSA) is 26.3 Å². The SMILES string of the molecule is CCCCCCCC/C=C/CCCCCCCCOC=O. The van der Waals surface area contributed by atoms with Gasteiger partial charge < -0.3 is 4.74 Å². The van der Waals surface area contributed by atoms with Crippen LogP contribution < -0.4 is 0 Å². The molecule has 0 amide bonds. The summed E-state index contributed by atoms with van der Waals surface area (Å²) < 4.78 is 4.66. The molecule has 0 aromatic carbocycles. The van der Waals surface area contributed by atoms with Gasteiger partial charge in [0.2, 0.25) is 0 Å². The molecule has 0 aromatic heterocycles. The summed E-state index contributed by atoms with van der Waals surface area (Å²) in [5.74, 6) is 0. The van der Waals surface area contributed by atoms with Crippen LogP contribution in [0.5, 0.6) is 0 Å². The molecular weight excluding hydrogens is 260 g/mol. The normalized spacial score (nSPS) is 11.1. The van der Waals surface area contributed by atoms with Gasteiger partial charge in [0.25, 0.3) is 6.47 Å². The zero-order valence-corrected chi connectivity index (χ0v) is 14.2. The second-order valence-corrected chi connectivity index (χ2v) is 5.90. The van der Waals surface area contributed by atoms with Crippen molar-refractivity contribution in [2.24, 2.45) is 0 Å². The van der Waals surface area contributed by atoms with Crippen LogP contribution in [0.1, 0.15) is 96.8 Å². The third-order valence-electron chi connectivity index (χ3n) is 3.84. The van der Waals surface area contributed by atoms with Crippen LogP contribution in [0.4, 0.5) is 0 Å². The van der Waals surface area contributed by atoms with E-state index in [4.69, 9.17) is 0 Å². The Kier molecular flexibility index (Phi) is 18.5. The van der Waals surface area contributed by atoms with E-state index in [0.717, 1.165) is 6.42 Å². The van der Waals surface area contributed by atoms with Gasteiger partial charge in [0.15, 0.2) is 0 Å². The molecule has 21 heavy (non-hydrogen) atoms. The van der Waals surface area contributed by atoms with Crippen molar-refractivity contribution >= 4 is 6.47 Å². The summed E-state index contributed by atoms with van der Waals surface area (Å²) in [5, 5.41) is 0. The Morgan fingerprint density at radius 1 is 0.667 bits per heavy atom. The highest BCUT2D eigenvalue weighted by Gasteiger charge is 1.91. The van der Waals surface area contributed by atoms with Crippen LogP contribution in [0.25, 0.3) is 0 Å². The Morgan fingerprint density at radius 2 is 1.14 bits per heavy atom. The molecule has 0 N–H and O–H groups in total. The van der Waals surface area contributed by atoms with E-state index in [0.29, 0.717) is 13.1 Å². The lowest BCUT2D eigenvalue weighted by atomic mass is 10.1. The molecule has 0 bridgehead atoms. The number of rotatable bonds is 17. The van der Waals surface area contributed by atoms with Gasteiger partial charge in [-0.3, -0.25) is 4.79 Å². The predicted molar refractivity (Wildman–Crippen MR) is 91.5 cm³/mol. The van der Waals surface area contributed by atoms with Crippen molar-refractivity contribution in [3.8, 4) is 0 Å². The standard InChI is InChI=1S/C19H36O2/c1-2-3-4-5-6-7-8-9-10-11-12-13-14-15-16-17-18-21-19-20/h9-10,19H,2-8,11-18H2,1H3/b10-9+. The van der Waals surface area contributed by atoms with Crippen LogP contribution in [-0.4, -0.2) is 13.1 Å². The molecule has 0 fully saturated rings. The first kappa shape index (κ1) is 20.2. The Morgan fingerprint density at radius 3 is 1.67 bits per heavy atom. The van der Waals surface area contributed by atoms with E-state index in [1.54, 1.807) is 0 Å². The molecule has 0 aliphatic rings. The van der Waals surface area contributed by atoms with Crippen LogP contribution in [0.15, 0.2) is 12.2 Å². The number of ether oxygens (including phenoxy) is 1. The van der Waals surface area contributed by atoms with Crippen LogP contribution in [-0.2, 0) is 9.53 Å². The fourth-order valence-electron chi connectivity index (χ4n) is 2.48. The lowest BCUT2D eigenvalue weighted by Gasteiger charge is -2.00. The Hall–Kier alpha value is -0.790. The molecule has 0 rings (SSSR count). The van der Waals surface area contributed by atoms with E-state index in [2.05, 4.69) is 23.8 Å². The van der Waals surface area contributed by atoms with Crippen LogP contribution >= 0.6 is 0 Å². The van der Waals surface area contributed by atoms with E-state index >= 15 is 0 Å². The van der Waals surface area contributed by atoms with Crippen molar-refractivity contribution < 1.29 is 9.53 Å². The number of carbonyl (C=O) groups excluding carboxylic acids is 1. The molecule has 0 spiro atoms. The zero-order chi connectivity index (χ0) is 15.4. The highest BCUT2D eigenvalue weighted by molar-refractivity contribution is 5.36. The number of hydrogen-bond acceptors (Lipinski definition) is 2. The molecule has 0 radical (unpaired) electrons. The molecule has 0 saturated heterocycles. The minimum atomic E-state index is 0.539. The van der Waals surface area contributed by atoms with E-state index in [1.807, 2.05) is 0 Å². The molecule has 0 unspecified atom stereocenters. The molecular formula is C19H36O2. The largest absolute Gasteiger partial charge is 0.468 e. The van der Waals surface area contributed by atoms with Gasteiger partial charge in [0, 0.05) is 0 Å². The average Bonchev–Trinajstić information content (AvgIpc) is 2.50. The number of unbranched alkanes of at least 4 members (excludes halogenated alkanes) is 12. The third kappa shape index (κ3) is 19.2. The second-order valence-electron chi connectivity index (χ2n) is 5.90. The molecule has 0 aromatic rings. The summed E-state index contributed by atoms with van der Waals surface area (Å²) in [7, 11) is 0. The second kappa shape index (κ2) is 19.2. The molecule has 0 aliphatic heterocycles. The van der Waals surface area contributed by atoms with Gasteiger partial charge in [-0.05, 0) is 32.1 Å². The maximum Gasteiger partial charge on any atom is 0.293 e. The molecule has 2 heteroatoms. The van der Waals surface area contributed by atoms with Gasteiger partial charge in [-0.1, -0.05) is 76.9 Å². The lowest BCUT2D eigenvalue weighted by Crippen LogP contribution is -1.91. The third-order valence-corrected chi connectivity index (χ3v) is 3.84.